The molecule has 3 heteroatoms. The highest BCUT2D eigenvalue weighted by molar-refractivity contribution is 9.10. The topological polar surface area (TPSA) is 12.0 Å². The highest BCUT2D eigenvalue weighted by atomic mass is 79.9. The van der Waals surface area contributed by atoms with Gasteiger partial charge in [0.05, 0.1) is 4.47 Å². The minimum absolute atomic E-state index is 0.104. The van der Waals surface area contributed by atoms with Crippen LogP contribution in [0, 0.1) is 5.82 Å². The van der Waals surface area contributed by atoms with Crippen LogP contribution in [-0.4, -0.2) is 12.6 Å². The Morgan fingerprint density at radius 2 is 2.24 bits per heavy atom. The van der Waals surface area contributed by atoms with Crippen LogP contribution >= 0.6 is 15.9 Å². The molecule has 17 heavy (non-hydrogen) atoms. The van der Waals surface area contributed by atoms with Gasteiger partial charge in [-0.25, -0.2) is 4.39 Å². The first-order valence-electron chi connectivity index (χ1n) is 6.41. The van der Waals surface area contributed by atoms with Crippen LogP contribution in [0.1, 0.15) is 37.3 Å². The molecule has 1 unspecified atom stereocenters. The number of benzene rings is 1. The Balaban J connectivity index is 2.12. The Bertz CT molecular complexity index is 386. The Kier molecular flexibility index (Phi) is 4.57. The van der Waals surface area contributed by atoms with Gasteiger partial charge in [0.1, 0.15) is 5.82 Å². The molecule has 1 aromatic rings. The standard InChI is InChI=1S/C14H19BrFN/c1-2-11-7-10(9-13(15)14(11)16)8-12-5-3-4-6-17-12/h7,9,12,17H,2-6,8H2,1H3. The van der Waals surface area contributed by atoms with Gasteiger partial charge in [-0.15, -0.1) is 0 Å². The van der Waals surface area contributed by atoms with Crippen LogP contribution in [0.25, 0.3) is 0 Å². The van der Waals surface area contributed by atoms with Gasteiger partial charge in [-0.2, -0.15) is 0 Å². The van der Waals surface area contributed by atoms with Gasteiger partial charge in [0.2, 0.25) is 0 Å². The zero-order valence-corrected chi connectivity index (χ0v) is 11.8. The summed E-state index contributed by atoms with van der Waals surface area (Å²) in [5, 5.41) is 3.53. The molecule has 0 amide bonds. The molecule has 1 saturated heterocycles. The van der Waals surface area contributed by atoms with E-state index in [2.05, 4.69) is 21.2 Å². The van der Waals surface area contributed by atoms with Crippen molar-refractivity contribution in [2.45, 2.75) is 45.1 Å². The summed E-state index contributed by atoms with van der Waals surface area (Å²) in [7, 11) is 0. The number of rotatable bonds is 3. The number of piperidine rings is 1. The lowest BCUT2D eigenvalue weighted by molar-refractivity contribution is 0.399. The largest absolute Gasteiger partial charge is 0.314 e. The SMILES string of the molecule is CCc1cc(CC2CCCCN2)cc(Br)c1F. The zero-order chi connectivity index (χ0) is 12.3. The molecular formula is C14H19BrFN. The van der Waals surface area contributed by atoms with E-state index in [-0.39, 0.29) is 5.82 Å². The minimum atomic E-state index is -0.104. The monoisotopic (exact) mass is 299 g/mol. The Labute approximate surface area is 111 Å². The highest BCUT2D eigenvalue weighted by Gasteiger charge is 2.15. The molecule has 1 nitrogen and oxygen atoms in total. The van der Waals surface area contributed by atoms with Crippen LogP contribution in [-0.2, 0) is 12.8 Å². The Morgan fingerprint density at radius 3 is 2.88 bits per heavy atom. The molecule has 1 fully saturated rings. The van der Waals surface area contributed by atoms with E-state index in [1.54, 1.807) is 0 Å². The summed E-state index contributed by atoms with van der Waals surface area (Å²) in [6, 6.07) is 4.49. The van der Waals surface area contributed by atoms with Gasteiger partial charge in [-0.3, -0.25) is 0 Å². The van der Waals surface area contributed by atoms with Crippen LogP contribution in [0.15, 0.2) is 16.6 Å². The fourth-order valence-corrected chi connectivity index (χ4v) is 3.01. The second-order valence-electron chi connectivity index (χ2n) is 4.76. The molecule has 2 rings (SSSR count). The van der Waals surface area contributed by atoms with Crippen LogP contribution in [0.5, 0.6) is 0 Å². The van der Waals surface area contributed by atoms with Gasteiger partial charge in [0, 0.05) is 6.04 Å². The number of nitrogens with one attached hydrogen (secondary N) is 1. The third-order valence-corrected chi connectivity index (χ3v) is 4.02. The maximum absolute atomic E-state index is 13.7. The molecule has 94 valence electrons. The van der Waals surface area contributed by atoms with E-state index in [9.17, 15) is 4.39 Å². The number of aryl methyl sites for hydroxylation is 1. The third kappa shape index (κ3) is 3.29. The smallest absolute Gasteiger partial charge is 0.140 e. The highest BCUT2D eigenvalue weighted by Crippen LogP contribution is 2.23. The third-order valence-electron chi connectivity index (χ3n) is 3.44. The lowest BCUT2D eigenvalue weighted by atomic mass is 9.96. The van der Waals surface area contributed by atoms with Crippen molar-refractivity contribution in [3.8, 4) is 0 Å². The van der Waals surface area contributed by atoms with Crippen molar-refractivity contribution in [1.29, 1.82) is 0 Å². The molecule has 1 atom stereocenters. The maximum atomic E-state index is 13.7. The molecule has 0 aliphatic carbocycles. The summed E-state index contributed by atoms with van der Waals surface area (Å²) in [6.07, 6.45) is 5.57. The predicted molar refractivity (Wildman–Crippen MR) is 72.8 cm³/mol. The van der Waals surface area contributed by atoms with E-state index in [1.165, 1.54) is 24.8 Å². The van der Waals surface area contributed by atoms with Crippen LogP contribution in [0.3, 0.4) is 0 Å². The van der Waals surface area contributed by atoms with E-state index in [1.807, 2.05) is 19.1 Å². The van der Waals surface area contributed by atoms with E-state index in [0.29, 0.717) is 10.5 Å². The molecular weight excluding hydrogens is 281 g/mol. The van der Waals surface area contributed by atoms with Crippen molar-refractivity contribution in [3.05, 3.63) is 33.5 Å². The number of hydrogen-bond acceptors (Lipinski definition) is 1. The molecule has 0 saturated carbocycles. The first kappa shape index (κ1) is 13.0. The molecule has 1 aromatic carbocycles. The average molecular weight is 300 g/mol. The summed E-state index contributed by atoms with van der Waals surface area (Å²) < 4.78 is 14.3. The van der Waals surface area contributed by atoms with Crippen LogP contribution in [0.2, 0.25) is 0 Å². The van der Waals surface area contributed by atoms with Crippen molar-refractivity contribution in [2.24, 2.45) is 0 Å². The van der Waals surface area contributed by atoms with Crippen molar-refractivity contribution in [3.63, 3.8) is 0 Å². The Hall–Kier alpha value is -0.410. The average Bonchev–Trinajstić information content (AvgIpc) is 2.35. The lowest BCUT2D eigenvalue weighted by Gasteiger charge is -2.23. The van der Waals surface area contributed by atoms with Crippen molar-refractivity contribution < 1.29 is 4.39 Å². The predicted octanol–water partition coefficient (Wildman–Crippen LogP) is 3.84. The first-order chi connectivity index (χ1) is 8.20. The van der Waals surface area contributed by atoms with E-state index in [0.717, 1.165) is 24.9 Å². The van der Waals surface area contributed by atoms with Crippen LogP contribution < -0.4 is 5.32 Å². The molecule has 0 bridgehead atoms. The number of halogens is 2. The molecule has 1 aliphatic heterocycles. The van der Waals surface area contributed by atoms with Gasteiger partial charge < -0.3 is 5.32 Å². The van der Waals surface area contributed by atoms with Crippen molar-refractivity contribution in [2.75, 3.05) is 6.54 Å². The molecule has 0 aromatic heterocycles. The minimum Gasteiger partial charge on any atom is -0.314 e. The Morgan fingerprint density at radius 1 is 1.41 bits per heavy atom. The van der Waals surface area contributed by atoms with Crippen molar-refractivity contribution >= 4 is 15.9 Å². The van der Waals surface area contributed by atoms with Gasteiger partial charge in [-0.05, 0) is 65.4 Å². The van der Waals surface area contributed by atoms with Gasteiger partial charge in [-0.1, -0.05) is 19.4 Å². The second-order valence-corrected chi connectivity index (χ2v) is 5.61. The summed E-state index contributed by atoms with van der Waals surface area (Å²) in [4.78, 5) is 0. The maximum Gasteiger partial charge on any atom is 0.140 e. The summed E-state index contributed by atoms with van der Waals surface area (Å²) in [5.41, 5.74) is 2.04. The second kappa shape index (κ2) is 5.96. The fraction of sp³-hybridized carbons (Fsp3) is 0.571. The molecule has 0 spiro atoms. The van der Waals surface area contributed by atoms with Gasteiger partial charge in [0.15, 0.2) is 0 Å². The fourth-order valence-electron chi connectivity index (χ4n) is 2.47. The van der Waals surface area contributed by atoms with Gasteiger partial charge in [0.25, 0.3) is 0 Å². The first-order valence-corrected chi connectivity index (χ1v) is 7.20. The van der Waals surface area contributed by atoms with Crippen molar-refractivity contribution in [1.82, 2.24) is 5.32 Å². The molecule has 1 aliphatic rings. The summed E-state index contributed by atoms with van der Waals surface area (Å²) >= 11 is 3.31. The molecule has 1 N–H and O–H groups in total. The summed E-state index contributed by atoms with van der Waals surface area (Å²) in [6.45, 7) is 3.11. The van der Waals surface area contributed by atoms with E-state index in [4.69, 9.17) is 0 Å². The van der Waals surface area contributed by atoms with Crippen LogP contribution in [0.4, 0.5) is 4.39 Å². The normalized spacial score (nSPS) is 20.5. The van der Waals surface area contributed by atoms with E-state index < -0.39 is 0 Å². The number of hydrogen-bond donors (Lipinski definition) is 1. The van der Waals surface area contributed by atoms with Gasteiger partial charge >= 0.3 is 0 Å². The lowest BCUT2D eigenvalue weighted by Crippen LogP contribution is -2.35. The van der Waals surface area contributed by atoms with E-state index >= 15 is 0 Å². The quantitative estimate of drug-likeness (QED) is 0.894. The summed E-state index contributed by atoms with van der Waals surface area (Å²) in [5.74, 6) is -0.104. The zero-order valence-electron chi connectivity index (χ0n) is 10.2. The molecule has 1 heterocycles. The molecule has 0 radical (unpaired) electrons.